The molecule has 1 fully saturated rings. The van der Waals surface area contributed by atoms with Gasteiger partial charge in [-0.05, 0) is 37.8 Å². The Hall–Kier alpha value is -2.42. The number of benzene rings is 1. The number of imidazole rings is 1. The number of nitrogens with one attached hydrogen (secondary N) is 1. The maximum Gasteiger partial charge on any atom is 0.306 e. The van der Waals surface area contributed by atoms with Crippen molar-refractivity contribution < 1.29 is 23.1 Å². The van der Waals surface area contributed by atoms with E-state index in [1.165, 1.54) is 0 Å². The highest BCUT2D eigenvalue weighted by atomic mass is 32.2. The first-order valence-electron chi connectivity index (χ1n) is 8.87. The highest BCUT2D eigenvalue weighted by molar-refractivity contribution is 7.89. The minimum Gasteiger partial charge on any atom is -0.481 e. The number of carboxylic acids is 1. The lowest BCUT2D eigenvalue weighted by molar-refractivity contribution is -0.142. The second-order valence-electron chi connectivity index (χ2n) is 7.13. The fourth-order valence-electron chi connectivity index (χ4n) is 3.55. The van der Waals surface area contributed by atoms with Crippen LogP contribution in [0.5, 0.6) is 0 Å². The lowest BCUT2D eigenvalue weighted by Crippen LogP contribution is -2.40. The number of amides is 1. The third kappa shape index (κ3) is 4.85. The molecular formula is C18H23N3O5S. The second kappa shape index (κ2) is 7.67. The number of fused-ring (bicyclic) bond motifs is 1. The van der Waals surface area contributed by atoms with Crippen molar-refractivity contribution in [2.75, 3.05) is 6.26 Å². The van der Waals surface area contributed by atoms with Crippen LogP contribution in [0, 0.1) is 5.92 Å². The van der Waals surface area contributed by atoms with Gasteiger partial charge in [-0.3, -0.25) is 9.59 Å². The van der Waals surface area contributed by atoms with Gasteiger partial charge in [-0.25, -0.2) is 13.4 Å². The molecule has 1 aromatic carbocycles. The van der Waals surface area contributed by atoms with Crippen LogP contribution in [0.4, 0.5) is 0 Å². The minimum absolute atomic E-state index is 0.0236. The zero-order valence-corrected chi connectivity index (χ0v) is 15.9. The largest absolute Gasteiger partial charge is 0.481 e. The summed E-state index contributed by atoms with van der Waals surface area (Å²) in [5.41, 5.74) is 1.35. The van der Waals surface area contributed by atoms with Crippen molar-refractivity contribution >= 4 is 32.7 Å². The van der Waals surface area contributed by atoms with Crippen molar-refractivity contribution in [2.24, 2.45) is 5.92 Å². The van der Waals surface area contributed by atoms with E-state index in [-0.39, 0.29) is 30.2 Å². The van der Waals surface area contributed by atoms with Crippen LogP contribution in [-0.4, -0.2) is 47.2 Å². The molecular weight excluding hydrogens is 370 g/mol. The maximum atomic E-state index is 12.5. The number of carbonyl (C=O) groups excluding carboxylic acids is 1. The SMILES string of the molecule is CS(=O)(=O)Cc1nc2ccccc2n1CC(=O)NC1CCC(C(=O)O)CC1. The van der Waals surface area contributed by atoms with Gasteiger partial charge in [0.1, 0.15) is 18.1 Å². The maximum absolute atomic E-state index is 12.5. The van der Waals surface area contributed by atoms with Crippen LogP contribution in [0.1, 0.15) is 31.5 Å². The van der Waals surface area contributed by atoms with Crippen LogP contribution < -0.4 is 5.32 Å². The molecule has 1 aliphatic rings. The molecule has 2 aromatic rings. The molecule has 1 saturated carbocycles. The number of aliphatic carboxylic acids is 1. The molecule has 1 amide bonds. The van der Waals surface area contributed by atoms with Crippen LogP contribution in [0.2, 0.25) is 0 Å². The number of hydrogen-bond acceptors (Lipinski definition) is 5. The van der Waals surface area contributed by atoms with E-state index in [0.717, 1.165) is 6.26 Å². The zero-order valence-electron chi connectivity index (χ0n) is 15.1. The molecule has 0 unspecified atom stereocenters. The average Bonchev–Trinajstić information content (AvgIpc) is 2.91. The summed E-state index contributed by atoms with van der Waals surface area (Å²) in [7, 11) is -3.30. The van der Waals surface area contributed by atoms with Crippen molar-refractivity contribution in [1.29, 1.82) is 0 Å². The van der Waals surface area contributed by atoms with E-state index in [9.17, 15) is 18.0 Å². The number of para-hydroxylation sites is 2. The Balaban J connectivity index is 1.73. The summed E-state index contributed by atoms with van der Waals surface area (Å²) in [6.45, 7) is -0.0236. The van der Waals surface area contributed by atoms with Gasteiger partial charge in [-0.1, -0.05) is 12.1 Å². The van der Waals surface area contributed by atoms with E-state index >= 15 is 0 Å². The molecule has 0 radical (unpaired) electrons. The summed E-state index contributed by atoms with van der Waals surface area (Å²) in [4.78, 5) is 27.9. The van der Waals surface area contributed by atoms with Crippen LogP contribution in [0.15, 0.2) is 24.3 Å². The first-order chi connectivity index (χ1) is 12.7. The van der Waals surface area contributed by atoms with E-state index < -0.39 is 15.8 Å². The summed E-state index contributed by atoms with van der Waals surface area (Å²) in [5.74, 6) is -1.25. The van der Waals surface area contributed by atoms with Crippen molar-refractivity contribution in [2.45, 2.75) is 44.0 Å². The molecule has 8 nitrogen and oxygen atoms in total. The lowest BCUT2D eigenvalue weighted by atomic mass is 9.86. The van der Waals surface area contributed by atoms with Gasteiger partial charge >= 0.3 is 5.97 Å². The van der Waals surface area contributed by atoms with Crippen LogP contribution >= 0.6 is 0 Å². The predicted octanol–water partition coefficient (Wildman–Crippen LogP) is 1.34. The average molecular weight is 393 g/mol. The summed E-state index contributed by atoms with van der Waals surface area (Å²) in [5, 5.41) is 12.0. The van der Waals surface area contributed by atoms with Crippen LogP contribution in [-0.2, 0) is 31.7 Å². The molecule has 27 heavy (non-hydrogen) atoms. The van der Waals surface area contributed by atoms with Gasteiger partial charge in [-0.2, -0.15) is 0 Å². The van der Waals surface area contributed by atoms with Crippen molar-refractivity contribution in [3.63, 3.8) is 0 Å². The van der Waals surface area contributed by atoms with Gasteiger partial charge in [0, 0.05) is 12.3 Å². The van der Waals surface area contributed by atoms with Gasteiger partial charge < -0.3 is 15.0 Å². The molecule has 9 heteroatoms. The molecule has 0 spiro atoms. The van der Waals surface area contributed by atoms with Crippen LogP contribution in [0.25, 0.3) is 11.0 Å². The topological polar surface area (TPSA) is 118 Å². The van der Waals surface area contributed by atoms with E-state index in [1.807, 2.05) is 12.1 Å². The number of sulfone groups is 1. The molecule has 2 N–H and O–H groups in total. The third-order valence-corrected chi connectivity index (χ3v) is 5.65. The molecule has 3 rings (SSSR count). The number of carbonyl (C=O) groups is 2. The molecule has 146 valence electrons. The van der Waals surface area contributed by atoms with E-state index in [1.54, 1.807) is 16.7 Å². The fourth-order valence-corrected chi connectivity index (χ4v) is 4.24. The highest BCUT2D eigenvalue weighted by Crippen LogP contribution is 2.24. The molecule has 1 heterocycles. The summed E-state index contributed by atoms with van der Waals surface area (Å²) < 4.78 is 25.1. The second-order valence-corrected chi connectivity index (χ2v) is 9.27. The first kappa shape index (κ1) is 19.3. The van der Waals surface area contributed by atoms with Crippen molar-refractivity contribution in [1.82, 2.24) is 14.9 Å². The Morgan fingerprint density at radius 3 is 2.52 bits per heavy atom. The van der Waals surface area contributed by atoms with Crippen molar-refractivity contribution in [3.05, 3.63) is 30.1 Å². The summed E-state index contributed by atoms with van der Waals surface area (Å²) in [6, 6.07) is 7.16. The first-order valence-corrected chi connectivity index (χ1v) is 10.9. The Kier molecular flexibility index (Phi) is 5.50. The Morgan fingerprint density at radius 2 is 1.89 bits per heavy atom. The van der Waals surface area contributed by atoms with Gasteiger partial charge in [0.05, 0.1) is 17.0 Å². The Labute approximate surface area is 157 Å². The zero-order chi connectivity index (χ0) is 19.6. The fraction of sp³-hybridized carbons (Fsp3) is 0.500. The summed E-state index contributed by atoms with van der Waals surface area (Å²) >= 11 is 0. The highest BCUT2D eigenvalue weighted by Gasteiger charge is 2.27. The molecule has 1 aromatic heterocycles. The molecule has 0 aliphatic heterocycles. The molecule has 1 aliphatic carbocycles. The normalized spacial score (nSPS) is 20.5. The van der Waals surface area contributed by atoms with E-state index in [0.29, 0.717) is 42.5 Å². The number of carboxylic acid groups (broad SMARTS) is 1. The smallest absolute Gasteiger partial charge is 0.306 e. The number of rotatable bonds is 6. The van der Waals surface area contributed by atoms with Crippen molar-refractivity contribution in [3.8, 4) is 0 Å². The van der Waals surface area contributed by atoms with E-state index in [2.05, 4.69) is 10.3 Å². The predicted molar refractivity (Wildman–Crippen MR) is 99.8 cm³/mol. The summed E-state index contributed by atoms with van der Waals surface area (Å²) in [6.07, 6.45) is 3.49. The monoisotopic (exact) mass is 393 g/mol. The molecule has 0 bridgehead atoms. The number of hydrogen-bond donors (Lipinski definition) is 2. The quantitative estimate of drug-likeness (QED) is 0.765. The van der Waals surface area contributed by atoms with Gasteiger partial charge in [0.25, 0.3) is 0 Å². The van der Waals surface area contributed by atoms with Gasteiger partial charge in [0.2, 0.25) is 5.91 Å². The van der Waals surface area contributed by atoms with Gasteiger partial charge in [-0.15, -0.1) is 0 Å². The number of aromatic nitrogens is 2. The van der Waals surface area contributed by atoms with Crippen LogP contribution in [0.3, 0.4) is 0 Å². The molecule has 0 saturated heterocycles. The Morgan fingerprint density at radius 1 is 1.22 bits per heavy atom. The Bertz CT molecular complexity index is 959. The lowest BCUT2D eigenvalue weighted by Gasteiger charge is -2.27. The molecule has 0 atom stereocenters. The van der Waals surface area contributed by atoms with E-state index in [4.69, 9.17) is 5.11 Å². The third-order valence-electron chi connectivity index (χ3n) is 4.87. The number of nitrogens with zero attached hydrogens (tertiary/aromatic N) is 2. The standard InChI is InChI=1S/C18H23N3O5S/c1-27(25,26)11-16-20-14-4-2-3-5-15(14)21(16)10-17(22)19-13-8-6-12(7-9-13)18(23)24/h2-5,12-13H,6-11H2,1H3,(H,19,22)(H,23,24). The minimum atomic E-state index is -3.30. The van der Waals surface area contributed by atoms with Gasteiger partial charge in [0.15, 0.2) is 9.84 Å².